The Morgan fingerprint density at radius 3 is 1.70 bits per heavy atom. The second kappa shape index (κ2) is 24.0. The third-order valence-corrected chi connectivity index (χ3v) is 4.26. The van der Waals surface area contributed by atoms with Gasteiger partial charge in [0, 0.05) is 0 Å². The summed E-state index contributed by atoms with van der Waals surface area (Å²) in [5, 5.41) is 13.9. The van der Waals surface area contributed by atoms with Gasteiger partial charge in [-0.25, -0.2) is 4.79 Å². The van der Waals surface area contributed by atoms with E-state index in [4.69, 9.17) is 15.0 Å². The first-order chi connectivity index (χ1) is 11.1. The molecule has 0 aromatic carbocycles. The number of allylic oxidation sites excluding steroid dienone is 4. The van der Waals surface area contributed by atoms with E-state index in [2.05, 4.69) is 31.2 Å². The van der Waals surface area contributed by atoms with Crippen LogP contribution in [0.2, 0.25) is 3.67 Å². The van der Waals surface area contributed by atoms with Crippen molar-refractivity contribution in [3.05, 3.63) is 24.3 Å². The van der Waals surface area contributed by atoms with E-state index < -0.39 is 6.16 Å². The third-order valence-electron chi connectivity index (χ3n) is 3.55. The molecule has 0 aliphatic rings. The van der Waals surface area contributed by atoms with E-state index in [-0.39, 0.29) is 0 Å². The quantitative estimate of drug-likeness (QED) is 0.213. The molecule has 2 N–H and O–H groups in total. The van der Waals surface area contributed by atoms with Gasteiger partial charge in [-0.05, 0) is 12.8 Å². The maximum atomic E-state index is 8.56. The molecule has 0 aliphatic carbocycles. The van der Waals surface area contributed by atoms with E-state index in [9.17, 15) is 0 Å². The smallest absolute Gasteiger partial charge is 0.450 e. The van der Waals surface area contributed by atoms with Gasteiger partial charge in [0.2, 0.25) is 0 Å². The molecule has 0 saturated heterocycles. The summed E-state index contributed by atoms with van der Waals surface area (Å²) in [4.78, 5) is 8.56. The SMILES string of the molecule is CCCCC/C=C\C/C=C\CCCCCCC[CH2][Na].O=C(O)O. The Kier molecular flexibility index (Phi) is 26.1. The number of unbranched alkanes of at least 4 members (excludes halogenated alkanes) is 9. The van der Waals surface area contributed by atoms with Gasteiger partial charge in [0.05, 0.1) is 0 Å². The molecule has 4 heteroatoms. The Balaban J connectivity index is 0. The standard InChI is InChI=1S/C18H33.CH2O3.Na/c1-3-5-7-9-11-13-15-17-18-16-14-12-10-8-6-4-2;2-1(3)4;/h12,14,17-18H,1,3-11,13,15-16H2,2H3;(H2,2,3,4);/b14-12-,18-17-;;. The van der Waals surface area contributed by atoms with Gasteiger partial charge in [0.1, 0.15) is 0 Å². The van der Waals surface area contributed by atoms with Crippen LogP contribution in [0.1, 0.15) is 84.0 Å². The van der Waals surface area contributed by atoms with Crippen molar-refractivity contribution in [1.29, 1.82) is 0 Å². The summed E-state index contributed by atoms with van der Waals surface area (Å²) in [5.41, 5.74) is 0. The van der Waals surface area contributed by atoms with Gasteiger partial charge in [-0.3, -0.25) is 0 Å². The van der Waals surface area contributed by atoms with Crippen LogP contribution in [0.15, 0.2) is 24.3 Å². The Hall–Kier alpha value is -0.250. The van der Waals surface area contributed by atoms with Gasteiger partial charge in [0.15, 0.2) is 0 Å². The van der Waals surface area contributed by atoms with Gasteiger partial charge in [-0.1, -0.05) is 25.8 Å². The van der Waals surface area contributed by atoms with Gasteiger partial charge in [-0.15, -0.1) is 0 Å². The molecule has 0 aromatic heterocycles. The molecule has 0 heterocycles. The summed E-state index contributed by atoms with van der Waals surface area (Å²) >= 11 is 1.40. The minimum absolute atomic E-state index is 1.13. The van der Waals surface area contributed by atoms with Crippen LogP contribution < -0.4 is 0 Å². The van der Waals surface area contributed by atoms with Crippen LogP contribution in [0.4, 0.5) is 4.79 Å². The number of carboxylic acid groups (broad SMARTS) is 2. The number of hydrogen-bond acceptors (Lipinski definition) is 1. The molecule has 0 radical (unpaired) electrons. The van der Waals surface area contributed by atoms with E-state index in [1.165, 1.54) is 102 Å². The second-order valence-electron chi connectivity index (χ2n) is 5.87. The van der Waals surface area contributed by atoms with E-state index in [0.717, 1.165) is 6.42 Å². The van der Waals surface area contributed by atoms with Crippen LogP contribution in [0.25, 0.3) is 0 Å². The maximum Gasteiger partial charge on any atom is 0.503 e. The zero-order valence-corrected chi connectivity index (χ0v) is 17.3. The van der Waals surface area contributed by atoms with E-state index in [0.29, 0.717) is 0 Å². The third kappa shape index (κ3) is 34.2. The summed E-state index contributed by atoms with van der Waals surface area (Å²) in [6.45, 7) is 2.26. The number of carbonyl (C=O) groups is 1. The van der Waals surface area contributed by atoms with Crippen molar-refractivity contribution in [2.24, 2.45) is 0 Å². The van der Waals surface area contributed by atoms with Gasteiger partial charge < -0.3 is 10.2 Å². The van der Waals surface area contributed by atoms with Crippen molar-refractivity contribution in [3.8, 4) is 0 Å². The maximum absolute atomic E-state index is 8.56. The van der Waals surface area contributed by atoms with E-state index >= 15 is 0 Å². The predicted molar refractivity (Wildman–Crippen MR) is 101 cm³/mol. The van der Waals surface area contributed by atoms with Crippen LogP contribution in [0, 0.1) is 0 Å². The average molecular weight is 334 g/mol. The van der Waals surface area contributed by atoms with Crippen LogP contribution in [0.5, 0.6) is 0 Å². The number of hydrogen-bond donors (Lipinski definition) is 2. The molecule has 0 rings (SSSR count). The Morgan fingerprint density at radius 1 is 0.783 bits per heavy atom. The first-order valence-electron chi connectivity index (χ1n) is 9.37. The molecule has 0 bridgehead atoms. The van der Waals surface area contributed by atoms with Gasteiger partial charge in [0.25, 0.3) is 0 Å². The zero-order chi connectivity index (χ0) is 17.6. The largest absolute Gasteiger partial charge is 0.503 e. The molecular formula is C19H35NaO3. The van der Waals surface area contributed by atoms with E-state index in [1.54, 1.807) is 0 Å². The normalized spacial score (nSPS) is 10.9. The Bertz CT molecular complexity index is 284. The van der Waals surface area contributed by atoms with Crippen LogP contribution >= 0.6 is 0 Å². The Labute approximate surface area is 160 Å². The summed E-state index contributed by atoms with van der Waals surface area (Å²) in [6, 6.07) is 0. The molecule has 0 saturated carbocycles. The topological polar surface area (TPSA) is 57.5 Å². The minimum atomic E-state index is -1.83. The van der Waals surface area contributed by atoms with Crippen molar-refractivity contribution in [1.82, 2.24) is 0 Å². The molecule has 3 nitrogen and oxygen atoms in total. The van der Waals surface area contributed by atoms with Crippen molar-refractivity contribution < 1.29 is 15.0 Å². The molecule has 0 amide bonds. The van der Waals surface area contributed by atoms with Crippen molar-refractivity contribution in [2.75, 3.05) is 0 Å². The molecular weight excluding hydrogens is 299 g/mol. The zero-order valence-electron chi connectivity index (χ0n) is 15.3. The predicted octanol–water partition coefficient (Wildman–Crippen LogP) is 6.61. The molecule has 0 spiro atoms. The monoisotopic (exact) mass is 334 g/mol. The van der Waals surface area contributed by atoms with Gasteiger partial charge in [-0.2, -0.15) is 0 Å². The molecule has 0 fully saturated rings. The summed E-state index contributed by atoms with van der Waals surface area (Å²) in [7, 11) is 0. The fourth-order valence-corrected chi connectivity index (χ4v) is 2.74. The van der Waals surface area contributed by atoms with Crippen LogP contribution in [0.3, 0.4) is 0 Å². The first kappa shape index (κ1) is 25.0. The summed E-state index contributed by atoms with van der Waals surface area (Å²) in [5.74, 6) is 0. The molecule has 23 heavy (non-hydrogen) atoms. The van der Waals surface area contributed by atoms with Gasteiger partial charge >= 0.3 is 107 Å². The van der Waals surface area contributed by atoms with E-state index in [1.807, 2.05) is 0 Å². The van der Waals surface area contributed by atoms with Crippen molar-refractivity contribution >= 4 is 34.1 Å². The van der Waals surface area contributed by atoms with Crippen LogP contribution in [-0.4, -0.2) is 44.3 Å². The fraction of sp³-hybridized carbons (Fsp3) is 0.737. The fourth-order valence-electron chi connectivity index (χ4n) is 2.24. The average Bonchev–Trinajstić information content (AvgIpc) is 2.50. The summed E-state index contributed by atoms with van der Waals surface area (Å²) < 4.78 is 1.49. The molecule has 130 valence electrons. The van der Waals surface area contributed by atoms with Crippen molar-refractivity contribution in [2.45, 2.75) is 87.6 Å². The molecule has 0 atom stereocenters. The molecule has 0 aliphatic heterocycles. The number of rotatable bonds is 14. The van der Waals surface area contributed by atoms with Crippen LogP contribution in [-0.2, 0) is 0 Å². The minimum Gasteiger partial charge on any atom is -0.450 e. The Morgan fingerprint density at radius 2 is 1.22 bits per heavy atom. The van der Waals surface area contributed by atoms with Crippen molar-refractivity contribution in [3.63, 3.8) is 0 Å². The molecule has 0 aromatic rings. The first-order valence-corrected chi connectivity index (χ1v) is 10.8. The second-order valence-corrected chi connectivity index (χ2v) is 6.87. The molecule has 0 unspecified atom stereocenters. The summed E-state index contributed by atoms with van der Waals surface area (Å²) in [6.07, 6.45) is 24.0.